The number of carbonyl (C=O) groups is 1. The summed E-state index contributed by atoms with van der Waals surface area (Å²) in [7, 11) is 0. The molecular weight excluding hydrogens is 259 g/mol. The van der Waals surface area contributed by atoms with Crippen molar-refractivity contribution in [3.05, 3.63) is 29.6 Å². The van der Waals surface area contributed by atoms with Crippen molar-refractivity contribution in [2.75, 3.05) is 13.2 Å². The van der Waals surface area contributed by atoms with Gasteiger partial charge in [-0.25, -0.2) is 0 Å². The normalized spacial score (nSPS) is 17.4. The van der Waals surface area contributed by atoms with Crippen molar-refractivity contribution in [3.8, 4) is 0 Å². The number of rotatable bonds is 3. The van der Waals surface area contributed by atoms with E-state index in [1.807, 2.05) is 0 Å². The van der Waals surface area contributed by atoms with Gasteiger partial charge in [-0.05, 0) is 30.9 Å². The Kier molecular flexibility index (Phi) is 4.19. The summed E-state index contributed by atoms with van der Waals surface area (Å²) in [6.45, 7) is 1.27. The van der Waals surface area contributed by atoms with Crippen molar-refractivity contribution >= 4 is 5.78 Å². The van der Waals surface area contributed by atoms with Crippen LogP contribution in [0.1, 0.15) is 35.3 Å². The first-order chi connectivity index (χ1) is 8.97. The molecule has 1 saturated heterocycles. The van der Waals surface area contributed by atoms with Crippen LogP contribution in [-0.4, -0.2) is 24.0 Å². The van der Waals surface area contributed by atoms with E-state index in [1.165, 1.54) is 0 Å². The lowest BCUT2D eigenvalue weighted by Gasteiger charge is -2.21. The molecule has 0 atom stereocenters. The number of alkyl halides is 3. The number of pyridine rings is 1. The SMILES string of the molecule is O=C(CC1CCOCC1)c1ccc(C(F)(F)F)cn1. The van der Waals surface area contributed by atoms with Crippen LogP contribution in [0.25, 0.3) is 0 Å². The summed E-state index contributed by atoms with van der Waals surface area (Å²) in [6, 6.07) is 2.04. The Morgan fingerprint density at radius 2 is 2.00 bits per heavy atom. The zero-order valence-corrected chi connectivity index (χ0v) is 10.2. The molecule has 6 heteroatoms. The van der Waals surface area contributed by atoms with Gasteiger partial charge in [-0.15, -0.1) is 0 Å². The second-order valence-electron chi connectivity index (χ2n) is 4.61. The number of halogens is 3. The molecule has 0 unspecified atom stereocenters. The molecular formula is C13H14F3NO2. The number of nitrogens with zero attached hydrogens (tertiary/aromatic N) is 1. The van der Waals surface area contributed by atoms with Gasteiger partial charge in [0.15, 0.2) is 5.78 Å². The first-order valence-corrected chi connectivity index (χ1v) is 6.11. The van der Waals surface area contributed by atoms with Gasteiger partial charge in [-0.1, -0.05) is 0 Å². The second kappa shape index (κ2) is 5.69. The monoisotopic (exact) mass is 273 g/mol. The standard InChI is InChI=1S/C13H14F3NO2/c14-13(15,16)10-1-2-11(17-8-10)12(18)7-9-3-5-19-6-4-9/h1-2,8-9H,3-7H2. The number of hydrogen-bond acceptors (Lipinski definition) is 3. The van der Waals surface area contributed by atoms with Crippen LogP contribution in [-0.2, 0) is 10.9 Å². The minimum absolute atomic E-state index is 0.0968. The van der Waals surface area contributed by atoms with Crippen LogP contribution < -0.4 is 0 Å². The fraction of sp³-hybridized carbons (Fsp3) is 0.538. The molecule has 1 aliphatic heterocycles. The van der Waals surface area contributed by atoms with Crippen LogP contribution in [0.15, 0.2) is 18.3 Å². The van der Waals surface area contributed by atoms with E-state index in [0.29, 0.717) is 25.8 Å². The summed E-state index contributed by atoms with van der Waals surface area (Å²) in [5.74, 6) is 0.0333. The Labute approximate surface area is 108 Å². The highest BCUT2D eigenvalue weighted by atomic mass is 19.4. The van der Waals surface area contributed by atoms with Crippen LogP contribution in [0.2, 0.25) is 0 Å². The Balaban J connectivity index is 1.99. The molecule has 3 nitrogen and oxygen atoms in total. The lowest BCUT2D eigenvalue weighted by Crippen LogP contribution is -2.19. The number of ether oxygens (including phenoxy) is 1. The molecule has 0 aromatic carbocycles. The number of aromatic nitrogens is 1. The third kappa shape index (κ3) is 3.76. The number of hydrogen-bond donors (Lipinski definition) is 0. The summed E-state index contributed by atoms with van der Waals surface area (Å²) in [6.07, 6.45) is -1.77. The van der Waals surface area contributed by atoms with E-state index < -0.39 is 11.7 Å². The van der Waals surface area contributed by atoms with E-state index in [-0.39, 0.29) is 17.4 Å². The molecule has 0 amide bonds. The number of ketones is 1. The van der Waals surface area contributed by atoms with Crippen molar-refractivity contribution in [3.63, 3.8) is 0 Å². The van der Waals surface area contributed by atoms with Crippen LogP contribution in [0.5, 0.6) is 0 Å². The molecule has 1 aromatic rings. The van der Waals surface area contributed by atoms with Crippen LogP contribution >= 0.6 is 0 Å². The number of Topliss-reactive ketones (excluding diaryl/α,β-unsaturated/α-hetero) is 1. The molecule has 0 saturated carbocycles. The fourth-order valence-electron chi connectivity index (χ4n) is 2.04. The van der Waals surface area contributed by atoms with Crippen LogP contribution in [0.4, 0.5) is 13.2 Å². The molecule has 2 heterocycles. The molecule has 104 valence electrons. The molecule has 0 bridgehead atoms. The molecule has 0 aliphatic carbocycles. The lowest BCUT2D eigenvalue weighted by molar-refractivity contribution is -0.137. The van der Waals surface area contributed by atoms with Gasteiger partial charge in [0.05, 0.1) is 5.56 Å². The molecule has 0 spiro atoms. The second-order valence-corrected chi connectivity index (χ2v) is 4.61. The molecule has 0 radical (unpaired) electrons. The summed E-state index contributed by atoms with van der Waals surface area (Å²) in [5.41, 5.74) is -0.741. The summed E-state index contributed by atoms with van der Waals surface area (Å²) >= 11 is 0. The van der Waals surface area contributed by atoms with Gasteiger partial charge in [-0.3, -0.25) is 9.78 Å². The highest BCUT2D eigenvalue weighted by Crippen LogP contribution is 2.28. The predicted octanol–water partition coefficient (Wildman–Crippen LogP) is 3.10. The molecule has 19 heavy (non-hydrogen) atoms. The fourth-order valence-corrected chi connectivity index (χ4v) is 2.04. The zero-order chi connectivity index (χ0) is 13.9. The largest absolute Gasteiger partial charge is 0.417 e. The van der Waals surface area contributed by atoms with Gasteiger partial charge < -0.3 is 4.74 Å². The van der Waals surface area contributed by atoms with Crippen molar-refractivity contribution in [2.24, 2.45) is 5.92 Å². The van der Waals surface area contributed by atoms with E-state index in [1.54, 1.807) is 0 Å². The van der Waals surface area contributed by atoms with Crippen molar-refractivity contribution in [2.45, 2.75) is 25.4 Å². The minimum Gasteiger partial charge on any atom is -0.381 e. The van der Waals surface area contributed by atoms with E-state index in [0.717, 1.165) is 25.0 Å². The van der Waals surface area contributed by atoms with E-state index in [2.05, 4.69) is 4.98 Å². The maximum atomic E-state index is 12.4. The van der Waals surface area contributed by atoms with E-state index in [9.17, 15) is 18.0 Å². The smallest absolute Gasteiger partial charge is 0.381 e. The molecule has 2 rings (SSSR count). The predicted molar refractivity (Wildman–Crippen MR) is 61.7 cm³/mol. The highest BCUT2D eigenvalue weighted by molar-refractivity contribution is 5.94. The van der Waals surface area contributed by atoms with Gasteiger partial charge in [0, 0.05) is 25.8 Å². The Morgan fingerprint density at radius 1 is 1.32 bits per heavy atom. The Bertz CT molecular complexity index is 436. The maximum Gasteiger partial charge on any atom is 0.417 e. The lowest BCUT2D eigenvalue weighted by atomic mass is 9.93. The van der Waals surface area contributed by atoms with Crippen LogP contribution in [0, 0.1) is 5.92 Å². The summed E-state index contributed by atoms with van der Waals surface area (Å²) in [5, 5.41) is 0. The van der Waals surface area contributed by atoms with Gasteiger partial charge in [-0.2, -0.15) is 13.2 Å². The Morgan fingerprint density at radius 3 is 2.53 bits per heavy atom. The van der Waals surface area contributed by atoms with Gasteiger partial charge in [0.25, 0.3) is 0 Å². The third-order valence-corrected chi connectivity index (χ3v) is 3.19. The topological polar surface area (TPSA) is 39.2 Å². The number of carbonyl (C=O) groups excluding carboxylic acids is 1. The molecule has 1 aliphatic rings. The summed E-state index contributed by atoms with van der Waals surface area (Å²) < 4.78 is 42.3. The first kappa shape index (κ1) is 14.0. The average Bonchev–Trinajstić information content (AvgIpc) is 2.39. The Hall–Kier alpha value is -1.43. The van der Waals surface area contributed by atoms with Crippen molar-refractivity contribution in [1.29, 1.82) is 0 Å². The molecule has 0 N–H and O–H groups in total. The quantitative estimate of drug-likeness (QED) is 0.794. The molecule has 1 aromatic heterocycles. The molecule has 1 fully saturated rings. The van der Waals surface area contributed by atoms with Crippen molar-refractivity contribution < 1.29 is 22.7 Å². The zero-order valence-electron chi connectivity index (χ0n) is 10.2. The van der Waals surface area contributed by atoms with E-state index in [4.69, 9.17) is 4.74 Å². The minimum atomic E-state index is -4.42. The van der Waals surface area contributed by atoms with Crippen LogP contribution in [0.3, 0.4) is 0 Å². The third-order valence-electron chi connectivity index (χ3n) is 3.19. The maximum absolute atomic E-state index is 12.4. The van der Waals surface area contributed by atoms with Crippen molar-refractivity contribution in [1.82, 2.24) is 4.98 Å². The summed E-state index contributed by atoms with van der Waals surface area (Å²) in [4.78, 5) is 15.5. The van der Waals surface area contributed by atoms with E-state index >= 15 is 0 Å². The highest BCUT2D eigenvalue weighted by Gasteiger charge is 2.31. The van der Waals surface area contributed by atoms with Gasteiger partial charge in [0.2, 0.25) is 0 Å². The van der Waals surface area contributed by atoms with Gasteiger partial charge in [0.1, 0.15) is 5.69 Å². The average molecular weight is 273 g/mol. The first-order valence-electron chi connectivity index (χ1n) is 6.11. The van der Waals surface area contributed by atoms with Gasteiger partial charge >= 0.3 is 6.18 Å².